The van der Waals surface area contributed by atoms with Gasteiger partial charge in [0.05, 0.1) is 40.3 Å². The van der Waals surface area contributed by atoms with Crippen LogP contribution in [0.4, 0.5) is 0 Å². The summed E-state index contributed by atoms with van der Waals surface area (Å²) in [5.41, 5.74) is 0. The molecule has 9 nitrogen and oxygen atoms in total. The van der Waals surface area contributed by atoms with Gasteiger partial charge >= 0.3 is 11.9 Å². The van der Waals surface area contributed by atoms with Crippen LogP contribution in [0.25, 0.3) is 0 Å². The summed E-state index contributed by atoms with van der Waals surface area (Å²) in [6.45, 7) is 4.55. The Bertz CT molecular complexity index is 1880. The first-order valence-corrected chi connectivity index (χ1v) is 31.6. The molecular formula is C72H115NO8. The van der Waals surface area contributed by atoms with Crippen molar-refractivity contribution in [2.45, 2.75) is 232 Å². The number of ether oxygens (including phenoxy) is 4. The van der Waals surface area contributed by atoms with Gasteiger partial charge in [-0.2, -0.15) is 0 Å². The monoisotopic (exact) mass is 1120 g/mol. The highest BCUT2D eigenvalue weighted by molar-refractivity contribution is 5.70. The van der Waals surface area contributed by atoms with Crippen LogP contribution in [0.1, 0.15) is 219 Å². The molecule has 0 aromatic rings. The Kier molecular flexibility index (Phi) is 57.2. The number of esters is 2. The van der Waals surface area contributed by atoms with E-state index in [0.717, 1.165) is 154 Å². The lowest BCUT2D eigenvalue weighted by Gasteiger charge is -2.26. The number of nitrogens with zero attached hydrogens (tertiary/aromatic N) is 1. The molecule has 0 bridgehead atoms. The largest absolute Gasteiger partial charge is 0.545 e. The number of aliphatic carboxylic acids is 1. The number of carboxylic acids is 1. The highest BCUT2D eigenvalue weighted by atomic mass is 16.7. The minimum Gasteiger partial charge on any atom is -0.545 e. The van der Waals surface area contributed by atoms with Crippen LogP contribution in [0.2, 0.25) is 0 Å². The number of carbonyl (C=O) groups is 3. The van der Waals surface area contributed by atoms with Crippen LogP contribution >= 0.6 is 0 Å². The lowest BCUT2D eigenvalue weighted by atomic mass is 10.1. The van der Waals surface area contributed by atoms with Gasteiger partial charge in [0.2, 0.25) is 0 Å². The van der Waals surface area contributed by atoms with E-state index >= 15 is 0 Å². The fourth-order valence-corrected chi connectivity index (χ4v) is 7.92. The molecule has 0 aliphatic rings. The Labute approximate surface area is 495 Å². The quantitative estimate of drug-likeness (QED) is 0.0195. The highest BCUT2D eigenvalue weighted by Gasteiger charge is 2.22. The van der Waals surface area contributed by atoms with E-state index in [4.69, 9.17) is 18.9 Å². The molecule has 0 amide bonds. The molecular weight excluding hydrogens is 1010 g/mol. The van der Waals surface area contributed by atoms with Crippen LogP contribution in [-0.4, -0.2) is 82.3 Å². The van der Waals surface area contributed by atoms with Crippen molar-refractivity contribution in [1.29, 1.82) is 0 Å². The standard InChI is InChI=1S/C72H115NO8/c1-6-8-10-12-14-16-18-20-22-24-26-27-28-29-30-31-32-33-34-35-36-37-38-39-40-41-42-43-45-47-49-51-53-55-57-59-61-63-70(75)81-68(67-80-72(71(76)77)78-65-64-73(3,4)5)66-79-69(74)62-60-58-56-54-52-50-48-46-44-25-23-21-19-17-15-13-11-9-7-2/h8,10,14-17,20-23,26-27,29-30,32-33,35-36,38-39,41-42,44-47,68,72H,6-7,9,11-13,18-19,24-25,28,31,34,37,40,43,48-67H2,1-5H3/b10-8-,16-14-,17-15-,22-20-,23-21-,27-26-,30-29-,33-32-,36-35-,39-38-,42-41-,46-44-,47-45-. The summed E-state index contributed by atoms with van der Waals surface area (Å²) in [5.74, 6) is -2.34. The van der Waals surface area contributed by atoms with Crippen LogP contribution in [-0.2, 0) is 33.3 Å². The SMILES string of the molecule is CC/C=C\C/C=C\C/C=C\C/C=C\C/C=C\C/C=C\C/C=C\C/C=C\C/C=C\C/C=C\CCCCCCCCC(=O)OC(COC(=O)CCCCCCCC/C=C\C/C=C\C/C=C\CCCCC)COC(OCC[N+](C)(C)C)C(=O)[O-]. The Hall–Kier alpha value is -5.09. The molecule has 0 saturated heterocycles. The molecule has 0 aromatic heterocycles. The zero-order valence-corrected chi connectivity index (χ0v) is 51.8. The molecule has 456 valence electrons. The summed E-state index contributed by atoms with van der Waals surface area (Å²) in [7, 11) is 5.90. The molecule has 0 heterocycles. The molecule has 0 rings (SSSR count). The third-order valence-electron chi connectivity index (χ3n) is 12.8. The maximum Gasteiger partial charge on any atom is 0.306 e. The molecule has 2 atom stereocenters. The van der Waals surface area contributed by atoms with E-state index in [9.17, 15) is 19.5 Å². The summed E-state index contributed by atoms with van der Waals surface area (Å²) in [6.07, 6.45) is 87.2. The molecule has 0 aliphatic heterocycles. The Morgan fingerprint density at radius 2 is 0.704 bits per heavy atom. The van der Waals surface area contributed by atoms with E-state index in [-0.39, 0.29) is 38.6 Å². The van der Waals surface area contributed by atoms with E-state index in [2.05, 4.69) is 172 Å². The van der Waals surface area contributed by atoms with E-state index < -0.39 is 24.3 Å². The topological polar surface area (TPSA) is 111 Å². The molecule has 9 heteroatoms. The summed E-state index contributed by atoms with van der Waals surface area (Å²) < 4.78 is 22.7. The van der Waals surface area contributed by atoms with Gasteiger partial charge in [-0.25, -0.2) is 0 Å². The second kappa shape index (κ2) is 61.0. The number of carboxylic acid groups (broad SMARTS) is 1. The van der Waals surface area contributed by atoms with Crippen molar-refractivity contribution in [2.75, 3.05) is 47.5 Å². The maximum atomic E-state index is 12.9. The Morgan fingerprint density at radius 3 is 1.05 bits per heavy atom. The van der Waals surface area contributed by atoms with Crippen molar-refractivity contribution in [3.05, 3.63) is 158 Å². The fourth-order valence-electron chi connectivity index (χ4n) is 7.92. The zero-order chi connectivity index (χ0) is 59.1. The van der Waals surface area contributed by atoms with Gasteiger partial charge in [0.1, 0.15) is 13.2 Å². The molecule has 0 N–H and O–H groups in total. The smallest absolute Gasteiger partial charge is 0.306 e. The summed E-state index contributed by atoms with van der Waals surface area (Å²) >= 11 is 0. The van der Waals surface area contributed by atoms with E-state index in [1.54, 1.807) is 0 Å². The minimum atomic E-state index is -1.64. The van der Waals surface area contributed by atoms with E-state index in [1.807, 2.05) is 21.1 Å². The molecule has 0 spiro atoms. The maximum absolute atomic E-state index is 12.9. The van der Waals surface area contributed by atoms with Gasteiger partial charge in [-0.15, -0.1) is 0 Å². The van der Waals surface area contributed by atoms with E-state index in [0.29, 0.717) is 23.9 Å². The predicted molar refractivity (Wildman–Crippen MR) is 342 cm³/mol. The van der Waals surface area contributed by atoms with Crippen LogP contribution < -0.4 is 5.11 Å². The summed E-state index contributed by atoms with van der Waals surface area (Å²) in [5, 5.41) is 11.8. The molecule has 0 aliphatic carbocycles. The first-order chi connectivity index (χ1) is 39.6. The van der Waals surface area contributed by atoms with Gasteiger partial charge in [0.25, 0.3) is 0 Å². The number of unbranched alkanes of at least 4 members (excludes halogenated alkanes) is 15. The number of hydrogen-bond acceptors (Lipinski definition) is 8. The number of likely N-dealkylation sites (N-methyl/N-ethyl adjacent to an activating group) is 1. The number of hydrogen-bond donors (Lipinski definition) is 0. The second-order valence-electron chi connectivity index (χ2n) is 21.6. The van der Waals surface area contributed by atoms with Crippen molar-refractivity contribution < 1.29 is 42.9 Å². The van der Waals surface area contributed by atoms with Gasteiger partial charge in [-0.3, -0.25) is 9.59 Å². The Morgan fingerprint density at radius 1 is 0.383 bits per heavy atom. The van der Waals surface area contributed by atoms with Crippen molar-refractivity contribution in [3.8, 4) is 0 Å². The molecule has 2 unspecified atom stereocenters. The average molecular weight is 1120 g/mol. The van der Waals surface area contributed by atoms with Crippen LogP contribution in [0.5, 0.6) is 0 Å². The molecule has 0 saturated carbocycles. The van der Waals surface area contributed by atoms with E-state index in [1.165, 1.54) is 25.7 Å². The van der Waals surface area contributed by atoms with Crippen LogP contribution in [0.15, 0.2) is 158 Å². The fraction of sp³-hybridized carbons (Fsp3) is 0.597. The van der Waals surface area contributed by atoms with Gasteiger partial charge in [0, 0.05) is 12.8 Å². The van der Waals surface area contributed by atoms with Gasteiger partial charge in [0.15, 0.2) is 12.4 Å². The van der Waals surface area contributed by atoms with Crippen molar-refractivity contribution in [3.63, 3.8) is 0 Å². The normalized spacial score (nSPS) is 13.8. The number of quaternary nitrogens is 1. The lowest BCUT2D eigenvalue weighted by Crippen LogP contribution is -2.44. The zero-order valence-electron chi connectivity index (χ0n) is 51.8. The van der Waals surface area contributed by atoms with Gasteiger partial charge < -0.3 is 33.3 Å². The molecule has 81 heavy (non-hydrogen) atoms. The number of carbonyl (C=O) groups excluding carboxylic acids is 3. The molecule has 0 aromatic carbocycles. The van der Waals surface area contributed by atoms with Gasteiger partial charge in [-0.1, -0.05) is 236 Å². The van der Waals surface area contributed by atoms with Crippen LogP contribution in [0.3, 0.4) is 0 Å². The third kappa shape index (κ3) is 62.4. The summed E-state index contributed by atoms with van der Waals surface area (Å²) in [6, 6.07) is 0. The van der Waals surface area contributed by atoms with Crippen molar-refractivity contribution >= 4 is 17.9 Å². The highest BCUT2D eigenvalue weighted by Crippen LogP contribution is 2.13. The lowest BCUT2D eigenvalue weighted by molar-refractivity contribution is -0.870. The molecule has 0 fully saturated rings. The van der Waals surface area contributed by atoms with Gasteiger partial charge in [-0.05, 0) is 128 Å². The molecule has 0 radical (unpaired) electrons. The Balaban J connectivity index is 4.28. The minimum absolute atomic E-state index is 0.133. The number of rotatable bonds is 56. The number of allylic oxidation sites excluding steroid dienone is 26. The summed E-state index contributed by atoms with van der Waals surface area (Å²) in [4.78, 5) is 37.4. The van der Waals surface area contributed by atoms with Crippen molar-refractivity contribution in [1.82, 2.24) is 0 Å². The van der Waals surface area contributed by atoms with Crippen molar-refractivity contribution in [2.24, 2.45) is 0 Å². The first-order valence-electron chi connectivity index (χ1n) is 31.6. The first kappa shape index (κ1) is 75.9. The predicted octanol–water partition coefficient (Wildman–Crippen LogP) is 18.0. The van der Waals surface area contributed by atoms with Crippen LogP contribution in [0, 0.1) is 0 Å². The average Bonchev–Trinajstić information content (AvgIpc) is 3.44. The second-order valence-corrected chi connectivity index (χ2v) is 21.6. The third-order valence-corrected chi connectivity index (χ3v) is 12.8.